The molecule has 83 heavy (non-hydrogen) atoms. The molecule has 1 aliphatic rings. The Kier molecular flexibility index (Phi) is 41.0. The molecule has 1 aliphatic heterocycles. The number of aliphatic hydroxyl groups excluding tert-OH is 1. The van der Waals surface area contributed by atoms with E-state index in [-0.39, 0.29) is 6.61 Å². The first kappa shape index (κ1) is 74.4. The second-order valence-electron chi connectivity index (χ2n) is 17.8. The molecule has 22 heteroatoms. The zero-order chi connectivity index (χ0) is 61.8. The van der Waals surface area contributed by atoms with E-state index in [1.54, 1.807) is 86.3 Å². The molecule has 0 aliphatic carbocycles. The summed E-state index contributed by atoms with van der Waals surface area (Å²) < 4.78 is 20.0. The van der Waals surface area contributed by atoms with Gasteiger partial charge < -0.3 is 19.1 Å². The molecule has 446 valence electrons. The van der Waals surface area contributed by atoms with Gasteiger partial charge in [-0.3, -0.25) is 24.3 Å². The first-order chi connectivity index (χ1) is 39.6. The van der Waals surface area contributed by atoms with E-state index >= 15 is 0 Å². The lowest BCUT2D eigenvalue weighted by molar-refractivity contribution is 0.188. The number of hydrogen-bond acceptors (Lipinski definition) is 16. The van der Waals surface area contributed by atoms with Gasteiger partial charge in [-0.15, -0.1) is 11.3 Å². The summed E-state index contributed by atoms with van der Waals surface area (Å²) >= 11 is 19.1. The summed E-state index contributed by atoms with van der Waals surface area (Å²) in [5.74, 6) is 2.81. The van der Waals surface area contributed by atoms with E-state index < -0.39 is 0 Å². The average Bonchev–Trinajstić information content (AvgIpc) is 4.36. The van der Waals surface area contributed by atoms with Crippen LogP contribution in [0.15, 0.2) is 166 Å². The van der Waals surface area contributed by atoms with Crippen molar-refractivity contribution >= 4 is 66.4 Å². The Morgan fingerprint density at radius 3 is 1.61 bits per heavy atom. The van der Waals surface area contributed by atoms with Crippen LogP contribution >= 0.6 is 66.4 Å². The number of nitrogens with zero attached hydrogens (tertiary/aromatic N) is 13. The number of halogens is 4. The van der Waals surface area contributed by atoms with E-state index in [9.17, 15) is 0 Å². The predicted octanol–water partition coefficient (Wildman–Crippen LogP) is 15.3. The van der Waals surface area contributed by atoms with Crippen LogP contribution in [0.2, 0.25) is 10.2 Å². The van der Waals surface area contributed by atoms with E-state index in [0.29, 0.717) is 27.8 Å². The average molecular weight is 1320 g/mol. The van der Waals surface area contributed by atoms with Crippen LogP contribution in [0.3, 0.4) is 0 Å². The van der Waals surface area contributed by atoms with Gasteiger partial charge in [-0.2, -0.15) is 15.2 Å². The quantitative estimate of drug-likeness (QED) is 0.163. The van der Waals surface area contributed by atoms with Crippen LogP contribution in [0.5, 0.6) is 5.88 Å². The Labute approximate surface area is 521 Å². The lowest BCUT2D eigenvalue weighted by Crippen LogP contribution is -1.88. The fourth-order valence-electron chi connectivity index (χ4n) is 5.41. The van der Waals surface area contributed by atoms with E-state index in [0.717, 1.165) is 68.0 Å². The first-order valence-corrected chi connectivity index (χ1v) is 29.2. The number of ether oxygens (including phenoxy) is 2. The molecule has 10 aromatic rings. The fourth-order valence-corrected chi connectivity index (χ4v) is 7.22. The van der Waals surface area contributed by atoms with Crippen LogP contribution in [0.1, 0.15) is 81.9 Å². The largest absolute Gasteiger partial charge is 0.481 e. The first-order valence-electron chi connectivity index (χ1n) is 26.1. The molecule has 1 unspecified atom stereocenters. The summed E-state index contributed by atoms with van der Waals surface area (Å²) in [6.07, 6.45) is 20.2. The zero-order valence-corrected chi connectivity index (χ0v) is 55.5. The van der Waals surface area contributed by atoms with Crippen molar-refractivity contribution in [1.82, 2.24) is 64.6 Å². The molecule has 17 nitrogen and oxygen atoms in total. The Hall–Kier alpha value is -6.65. The number of rotatable bonds is 3. The highest BCUT2D eigenvalue weighted by Gasteiger charge is 2.07. The van der Waals surface area contributed by atoms with Crippen LogP contribution < -0.4 is 4.74 Å². The minimum atomic E-state index is 0.0180. The van der Waals surface area contributed by atoms with Gasteiger partial charge >= 0.3 is 0 Å². The SMILES string of the molecule is CC1CCOC1.CCc1ccn(C)n1.COc1ccc(C)cn1.Cc1ccc(Br)nc1.Cc1ccc(Cl)cn1.Cc1ccccn1.Cc1ccn(C)n1.Cc1ccncc1.Cc1cnc(Br)s1.Cc1noc(C)n1.OCc1ccc(Cl)nc1. The molecule has 10 aromatic heterocycles. The second kappa shape index (κ2) is 45.8. The molecule has 1 saturated heterocycles. The molecule has 1 fully saturated rings. The van der Waals surface area contributed by atoms with E-state index in [4.69, 9.17) is 37.8 Å². The number of hydrogen-bond donors (Lipinski definition) is 1. The standard InChI is InChI=1S/C7H9NO.C6H6BrN.C6H6ClNO.C6H6ClN.C6H10N2.2C6H7N.C5H8N2.C5H10O.C4H4BrNS.C4H6N2O/c1-6-3-4-7(9-2)8-5-6;1-5-2-3-6(7)8-4-5;7-6-2-1-5(4-9)3-8-6;1-5-2-3-6(7)4-8-5;1-3-6-4-5-8(2)7-6;1-6-2-4-7-5-3-6;1-6-4-2-3-5-7-6;1-5-3-4-7(2)6-5;1-5-2-3-6-4-5;1-3-2-6-4(5)7-3;1-3-5-4(2)7-6-3/h3-5H,1-2H3;2-4H,1H3;1-3,9H,4H2;2-4H,1H3;4-5H,3H2,1-2H3;2*2-5H,1H3;3-4H,1-2H3;5H,2-4H2,1H3;2H,1H3;1-2H3. The third-order valence-corrected chi connectivity index (χ3v) is 12.1. The number of thiazole rings is 1. The van der Waals surface area contributed by atoms with Gasteiger partial charge in [0.1, 0.15) is 9.76 Å². The molecule has 0 spiro atoms. The maximum Gasteiger partial charge on any atom is 0.223 e. The molecule has 0 aromatic carbocycles. The smallest absolute Gasteiger partial charge is 0.223 e. The lowest BCUT2D eigenvalue weighted by atomic mass is 10.2. The van der Waals surface area contributed by atoms with Gasteiger partial charge in [-0.25, -0.2) is 19.9 Å². The Bertz CT molecular complexity index is 2800. The normalized spacial score (nSPS) is 11.1. The van der Waals surface area contributed by atoms with Crippen molar-refractivity contribution in [2.45, 2.75) is 95.6 Å². The molecule has 11 rings (SSSR count). The Morgan fingerprint density at radius 1 is 0.663 bits per heavy atom. The molecule has 0 bridgehead atoms. The number of aromatic nitrogens is 13. The summed E-state index contributed by atoms with van der Waals surface area (Å²) in [5, 5.41) is 21.4. The van der Waals surface area contributed by atoms with Gasteiger partial charge in [0.15, 0.2) is 9.74 Å². The lowest BCUT2D eigenvalue weighted by Gasteiger charge is -1.95. The van der Waals surface area contributed by atoms with Crippen LogP contribution in [0.4, 0.5) is 0 Å². The highest BCUT2D eigenvalue weighted by molar-refractivity contribution is 9.11. The maximum absolute atomic E-state index is 8.55. The maximum atomic E-state index is 8.55. The Balaban J connectivity index is 0.000000457. The second-order valence-corrected chi connectivity index (χ2v) is 22.0. The minimum absolute atomic E-state index is 0.0180. The molecule has 0 radical (unpaired) electrons. The van der Waals surface area contributed by atoms with Crippen LogP contribution in [-0.2, 0) is 31.9 Å². The Morgan fingerprint density at radius 2 is 1.34 bits per heavy atom. The van der Waals surface area contributed by atoms with Gasteiger partial charge in [-0.05, 0) is 189 Å². The molecule has 0 amide bonds. The van der Waals surface area contributed by atoms with E-state index in [2.05, 4.69) is 105 Å². The monoisotopic (exact) mass is 1320 g/mol. The van der Waals surface area contributed by atoms with Crippen LogP contribution in [0.25, 0.3) is 0 Å². The number of aryl methyl sites for hydroxylation is 12. The van der Waals surface area contributed by atoms with Gasteiger partial charge in [-0.1, -0.05) is 66.5 Å². The molecule has 1 N–H and O–H groups in total. The van der Waals surface area contributed by atoms with Crippen molar-refractivity contribution in [2.24, 2.45) is 20.0 Å². The van der Waals surface area contributed by atoms with Crippen LogP contribution in [-0.4, -0.2) is 90.0 Å². The van der Waals surface area contributed by atoms with E-state index in [1.165, 1.54) is 22.4 Å². The van der Waals surface area contributed by atoms with Crippen molar-refractivity contribution in [3.05, 3.63) is 233 Å². The highest BCUT2D eigenvalue weighted by atomic mass is 79.9. The fraction of sp³-hybridized carbons (Fsp3) is 0.328. The van der Waals surface area contributed by atoms with Gasteiger partial charge in [0.2, 0.25) is 11.8 Å². The van der Waals surface area contributed by atoms with Crippen molar-refractivity contribution in [3.8, 4) is 5.88 Å². The van der Waals surface area contributed by atoms with Crippen molar-refractivity contribution < 1.29 is 19.1 Å². The molecular weight excluding hydrogens is 1240 g/mol. The summed E-state index contributed by atoms with van der Waals surface area (Å²) in [5.41, 5.74) is 8.67. The summed E-state index contributed by atoms with van der Waals surface area (Å²) in [6.45, 7) is 23.8. The van der Waals surface area contributed by atoms with Crippen molar-refractivity contribution in [3.63, 3.8) is 0 Å². The molecule has 0 saturated carbocycles. The van der Waals surface area contributed by atoms with Gasteiger partial charge in [0.25, 0.3) is 0 Å². The number of pyridine rings is 6. The molecule has 1 atom stereocenters. The summed E-state index contributed by atoms with van der Waals surface area (Å²) in [4.78, 5) is 32.5. The zero-order valence-electron chi connectivity index (χ0n) is 50.0. The number of aliphatic hydroxyl groups is 1. The minimum Gasteiger partial charge on any atom is -0.481 e. The predicted molar refractivity (Wildman–Crippen MR) is 343 cm³/mol. The number of methoxy groups -OCH3 is 1. The van der Waals surface area contributed by atoms with Crippen molar-refractivity contribution in [2.75, 3.05) is 20.3 Å². The van der Waals surface area contributed by atoms with Gasteiger partial charge in [0, 0.05) is 119 Å². The third kappa shape index (κ3) is 41.9. The van der Waals surface area contributed by atoms with E-state index in [1.807, 2.05) is 171 Å². The summed E-state index contributed by atoms with van der Waals surface area (Å²) in [7, 11) is 5.45. The van der Waals surface area contributed by atoms with Crippen LogP contribution in [0, 0.1) is 68.2 Å². The highest BCUT2D eigenvalue weighted by Crippen LogP contribution is 2.16. The molecule has 11 heterocycles. The topological polar surface area (TPSA) is 203 Å². The third-order valence-electron chi connectivity index (χ3n) is 9.83. The van der Waals surface area contributed by atoms with Crippen molar-refractivity contribution in [1.29, 1.82) is 0 Å². The molecular formula is C61H79Br2Cl2N13O4S. The van der Waals surface area contributed by atoms with Gasteiger partial charge in [0.05, 0.1) is 30.1 Å². The summed E-state index contributed by atoms with van der Waals surface area (Å²) in [6, 6.07) is 28.6.